The standard InChI is InChI=1S/C51H38N4/c1-50(2)38-27-14-11-24-35(38)41-42-37-26-13-16-29-40(37)55(46(42)43-36-25-12-15-28-39(36)51(3,4)45(43)44(41)50)34-23-17-22-33(30-34)49-53-47(31-18-7-5-8-19-31)52-48(54-49)32-20-9-6-10-21-32/h5-30H,1-4H3. The number of para-hydroxylation sites is 1. The van der Waals surface area contributed by atoms with Gasteiger partial charge in [0.1, 0.15) is 0 Å². The molecule has 11 rings (SSSR count). The van der Waals surface area contributed by atoms with E-state index in [1.807, 2.05) is 36.4 Å². The van der Waals surface area contributed by atoms with Crippen LogP contribution in [0.1, 0.15) is 49.9 Å². The van der Waals surface area contributed by atoms with Gasteiger partial charge in [-0.25, -0.2) is 15.0 Å². The third-order valence-corrected chi connectivity index (χ3v) is 12.2. The van der Waals surface area contributed by atoms with Crippen LogP contribution in [0.3, 0.4) is 0 Å². The maximum atomic E-state index is 5.11. The van der Waals surface area contributed by atoms with E-state index in [4.69, 9.17) is 15.0 Å². The Morgan fingerprint density at radius 3 is 1.53 bits per heavy atom. The Morgan fingerprint density at radius 2 is 0.909 bits per heavy atom. The van der Waals surface area contributed by atoms with Crippen LogP contribution in [0.5, 0.6) is 0 Å². The molecule has 0 saturated carbocycles. The summed E-state index contributed by atoms with van der Waals surface area (Å²) in [4.78, 5) is 15.2. The molecule has 0 amide bonds. The van der Waals surface area contributed by atoms with Crippen LogP contribution in [0.2, 0.25) is 0 Å². The number of benzene rings is 7. The molecule has 0 bridgehead atoms. The summed E-state index contributed by atoms with van der Waals surface area (Å²) in [5, 5.41) is 2.58. The van der Waals surface area contributed by atoms with Crippen LogP contribution in [0.25, 0.3) is 83.9 Å². The van der Waals surface area contributed by atoms with Crippen molar-refractivity contribution in [2.24, 2.45) is 0 Å². The molecule has 2 aromatic heterocycles. The molecule has 0 fully saturated rings. The molecule has 4 heteroatoms. The van der Waals surface area contributed by atoms with Gasteiger partial charge in [0.05, 0.1) is 11.0 Å². The van der Waals surface area contributed by atoms with Crippen molar-refractivity contribution in [2.75, 3.05) is 0 Å². The minimum Gasteiger partial charge on any atom is -0.309 e. The van der Waals surface area contributed by atoms with E-state index in [9.17, 15) is 0 Å². The molecule has 0 saturated heterocycles. The molecule has 9 aromatic rings. The van der Waals surface area contributed by atoms with Gasteiger partial charge in [0.15, 0.2) is 17.5 Å². The number of aromatic nitrogens is 4. The van der Waals surface area contributed by atoms with E-state index in [1.54, 1.807) is 0 Å². The van der Waals surface area contributed by atoms with Crippen LogP contribution < -0.4 is 0 Å². The minimum atomic E-state index is -0.195. The van der Waals surface area contributed by atoms with Crippen LogP contribution in [0.4, 0.5) is 0 Å². The zero-order valence-electron chi connectivity index (χ0n) is 31.3. The largest absolute Gasteiger partial charge is 0.309 e. The summed E-state index contributed by atoms with van der Waals surface area (Å²) in [6.45, 7) is 9.69. The van der Waals surface area contributed by atoms with E-state index in [0.29, 0.717) is 17.5 Å². The van der Waals surface area contributed by atoms with Gasteiger partial charge in [-0.1, -0.05) is 167 Å². The SMILES string of the molecule is CC1(C)c2ccccc2-c2c1c1c(c3c2c2ccccc2n3-c2cccc(-c3nc(-c4ccccc4)nc(-c4ccccc4)n3)c2)-c2ccccc2C1(C)C. The molecule has 0 unspecified atom stereocenters. The molecule has 0 N–H and O–H groups in total. The van der Waals surface area contributed by atoms with E-state index in [0.717, 1.165) is 22.4 Å². The third-order valence-electron chi connectivity index (χ3n) is 12.2. The average Bonchev–Trinajstić information content (AvgIpc) is 3.78. The molecule has 2 heterocycles. The van der Waals surface area contributed by atoms with Gasteiger partial charge in [0.2, 0.25) is 0 Å². The van der Waals surface area contributed by atoms with Crippen molar-refractivity contribution in [3.63, 3.8) is 0 Å². The lowest BCUT2D eigenvalue weighted by molar-refractivity contribution is 0.602. The highest BCUT2D eigenvalue weighted by atomic mass is 15.0. The second kappa shape index (κ2) is 11.4. The Balaban J connectivity index is 1.24. The predicted octanol–water partition coefficient (Wildman–Crippen LogP) is 12.6. The van der Waals surface area contributed by atoms with Crippen LogP contribution >= 0.6 is 0 Å². The monoisotopic (exact) mass is 706 g/mol. The summed E-state index contributed by atoms with van der Waals surface area (Å²) >= 11 is 0. The van der Waals surface area contributed by atoms with Gasteiger partial charge in [0, 0.05) is 49.5 Å². The van der Waals surface area contributed by atoms with Gasteiger partial charge in [-0.3, -0.25) is 0 Å². The molecule has 0 radical (unpaired) electrons. The van der Waals surface area contributed by atoms with E-state index in [-0.39, 0.29) is 10.8 Å². The molecular weight excluding hydrogens is 669 g/mol. The molecule has 4 nitrogen and oxygen atoms in total. The van der Waals surface area contributed by atoms with Gasteiger partial charge < -0.3 is 4.57 Å². The molecule has 0 spiro atoms. The fourth-order valence-corrected chi connectivity index (χ4v) is 9.76. The summed E-state index contributed by atoms with van der Waals surface area (Å²) in [7, 11) is 0. The third kappa shape index (κ3) is 4.42. The molecule has 55 heavy (non-hydrogen) atoms. The number of hydrogen-bond donors (Lipinski definition) is 0. The van der Waals surface area contributed by atoms with Crippen LogP contribution in [0, 0.1) is 0 Å². The van der Waals surface area contributed by atoms with Gasteiger partial charge in [-0.2, -0.15) is 0 Å². The second-order valence-electron chi connectivity index (χ2n) is 16.0. The first-order valence-electron chi connectivity index (χ1n) is 19.1. The lowest BCUT2D eigenvalue weighted by atomic mass is 9.72. The molecule has 7 aromatic carbocycles. The Morgan fingerprint density at radius 1 is 0.436 bits per heavy atom. The lowest BCUT2D eigenvalue weighted by Gasteiger charge is -2.31. The zero-order chi connectivity index (χ0) is 37.1. The average molecular weight is 707 g/mol. The molecule has 2 aliphatic rings. The van der Waals surface area contributed by atoms with Crippen LogP contribution in [0.15, 0.2) is 158 Å². The van der Waals surface area contributed by atoms with E-state index >= 15 is 0 Å². The van der Waals surface area contributed by atoms with Crippen LogP contribution in [-0.4, -0.2) is 19.5 Å². The van der Waals surface area contributed by atoms with Crippen molar-refractivity contribution in [3.8, 4) is 62.1 Å². The maximum Gasteiger partial charge on any atom is 0.164 e. The number of fused-ring (bicyclic) bond motifs is 12. The lowest BCUT2D eigenvalue weighted by Crippen LogP contribution is -2.24. The minimum absolute atomic E-state index is 0.168. The van der Waals surface area contributed by atoms with Crippen molar-refractivity contribution in [3.05, 3.63) is 180 Å². The molecule has 2 aliphatic carbocycles. The molecular formula is C51H38N4. The number of rotatable bonds is 4. The smallest absolute Gasteiger partial charge is 0.164 e. The highest BCUT2D eigenvalue weighted by molar-refractivity contribution is 6.23. The summed E-state index contributed by atoms with van der Waals surface area (Å²) in [6, 6.07) is 56.2. The van der Waals surface area contributed by atoms with Crippen molar-refractivity contribution in [2.45, 2.75) is 38.5 Å². The van der Waals surface area contributed by atoms with E-state index < -0.39 is 0 Å². The Bertz CT molecular complexity index is 2970. The fraction of sp³-hybridized carbons (Fsp3) is 0.118. The fourth-order valence-electron chi connectivity index (χ4n) is 9.76. The van der Waals surface area contributed by atoms with Crippen molar-refractivity contribution in [1.29, 1.82) is 0 Å². The first kappa shape index (κ1) is 31.8. The normalized spacial score (nSPS) is 14.5. The summed E-state index contributed by atoms with van der Waals surface area (Å²) in [5.41, 5.74) is 17.0. The second-order valence-corrected chi connectivity index (χ2v) is 16.0. The van der Waals surface area contributed by atoms with Gasteiger partial charge in [-0.05, 0) is 57.1 Å². The molecule has 0 atom stereocenters. The Kier molecular flexibility index (Phi) is 6.61. The van der Waals surface area contributed by atoms with Crippen molar-refractivity contribution in [1.82, 2.24) is 19.5 Å². The Hall–Kier alpha value is -6.65. The number of nitrogens with zero attached hydrogens (tertiary/aromatic N) is 4. The zero-order valence-corrected chi connectivity index (χ0v) is 31.3. The number of hydrogen-bond acceptors (Lipinski definition) is 3. The summed E-state index contributed by atoms with van der Waals surface area (Å²) in [5.74, 6) is 1.95. The first-order chi connectivity index (χ1) is 26.8. The van der Waals surface area contributed by atoms with Crippen LogP contribution in [-0.2, 0) is 10.8 Å². The quantitative estimate of drug-likeness (QED) is 0.183. The van der Waals surface area contributed by atoms with Crippen molar-refractivity contribution < 1.29 is 0 Å². The van der Waals surface area contributed by atoms with Crippen molar-refractivity contribution >= 4 is 21.8 Å². The van der Waals surface area contributed by atoms with E-state index in [2.05, 4.69) is 154 Å². The molecule has 0 aliphatic heterocycles. The van der Waals surface area contributed by atoms with Gasteiger partial charge >= 0.3 is 0 Å². The first-order valence-corrected chi connectivity index (χ1v) is 19.1. The highest BCUT2D eigenvalue weighted by Crippen LogP contribution is 2.63. The predicted molar refractivity (Wildman–Crippen MR) is 226 cm³/mol. The topological polar surface area (TPSA) is 43.6 Å². The van der Waals surface area contributed by atoms with E-state index in [1.165, 1.54) is 66.3 Å². The summed E-state index contributed by atoms with van der Waals surface area (Å²) < 4.78 is 2.51. The maximum absolute atomic E-state index is 5.11. The Labute approximate surface area is 320 Å². The van der Waals surface area contributed by atoms with Gasteiger partial charge in [0.25, 0.3) is 0 Å². The highest BCUT2D eigenvalue weighted by Gasteiger charge is 2.48. The van der Waals surface area contributed by atoms with Gasteiger partial charge in [-0.15, -0.1) is 0 Å². The molecule has 262 valence electrons. The summed E-state index contributed by atoms with van der Waals surface area (Å²) in [6.07, 6.45) is 0.